The lowest BCUT2D eigenvalue weighted by molar-refractivity contribution is -0.388. The van der Waals surface area contributed by atoms with Gasteiger partial charge in [0.2, 0.25) is 0 Å². The minimum absolute atomic E-state index is 0.130. The van der Waals surface area contributed by atoms with E-state index in [1.807, 2.05) is 25.1 Å². The minimum Gasteiger partial charge on any atom is -0.370 e. The van der Waals surface area contributed by atoms with E-state index in [4.69, 9.17) is 0 Å². The van der Waals surface area contributed by atoms with E-state index in [9.17, 15) is 10.1 Å². The number of hydrogen-bond donors (Lipinski definition) is 1. The Morgan fingerprint density at radius 1 is 1.22 bits per heavy atom. The smallest absolute Gasteiger partial charge is 0.370 e. The van der Waals surface area contributed by atoms with E-state index >= 15 is 0 Å². The third-order valence-electron chi connectivity index (χ3n) is 2.46. The van der Waals surface area contributed by atoms with Crippen LogP contribution in [0.3, 0.4) is 0 Å². The maximum atomic E-state index is 10.8. The molecule has 0 radical (unpaired) electrons. The number of aromatic nitrogens is 2. The van der Waals surface area contributed by atoms with E-state index in [0.29, 0.717) is 5.69 Å². The number of rotatable bonds is 4. The molecule has 2 heterocycles. The standard InChI is InChI=1S/C12H12N4O2/c1-9(10-5-2-3-7-13-10)15-11-6-4-8-14-12(11)16(17)18/h2-9,15H,1H3. The van der Waals surface area contributed by atoms with Crippen molar-refractivity contribution >= 4 is 11.5 Å². The van der Waals surface area contributed by atoms with E-state index in [1.165, 1.54) is 6.20 Å². The predicted molar refractivity (Wildman–Crippen MR) is 67.2 cm³/mol. The summed E-state index contributed by atoms with van der Waals surface area (Å²) in [7, 11) is 0. The zero-order valence-electron chi connectivity index (χ0n) is 9.78. The summed E-state index contributed by atoms with van der Waals surface area (Å²) in [5, 5.41) is 13.9. The predicted octanol–water partition coefficient (Wildman–Crippen LogP) is 2.56. The Kier molecular flexibility index (Phi) is 3.47. The van der Waals surface area contributed by atoms with Crippen molar-refractivity contribution in [3.05, 3.63) is 58.5 Å². The van der Waals surface area contributed by atoms with Gasteiger partial charge in [0.1, 0.15) is 11.9 Å². The van der Waals surface area contributed by atoms with Crippen molar-refractivity contribution in [3.8, 4) is 0 Å². The summed E-state index contributed by atoms with van der Waals surface area (Å²) in [6.07, 6.45) is 3.08. The molecule has 0 aliphatic rings. The Morgan fingerprint density at radius 3 is 2.67 bits per heavy atom. The maximum absolute atomic E-state index is 10.8. The Hall–Kier alpha value is -2.50. The fraction of sp³-hybridized carbons (Fsp3) is 0.167. The van der Waals surface area contributed by atoms with Crippen LogP contribution in [0.25, 0.3) is 0 Å². The number of pyridine rings is 2. The van der Waals surface area contributed by atoms with Crippen LogP contribution in [0.15, 0.2) is 42.7 Å². The van der Waals surface area contributed by atoms with Gasteiger partial charge in [-0.2, -0.15) is 0 Å². The largest absolute Gasteiger partial charge is 0.386 e. The molecule has 0 fully saturated rings. The van der Waals surface area contributed by atoms with Gasteiger partial charge >= 0.3 is 5.82 Å². The van der Waals surface area contributed by atoms with Gasteiger partial charge in [-0.25, -0.2) is 0 Å². The highest BCUT2D eigenvalue weighted by Crippen LogP contribution is 2.24. The Bertz CT molecular complexity index is 545. The summed E-state index contributed by atoms with van der Waals surface area (Å²) in [5.74, 6) is -0.180. The fourth-order valence-corrected chi connectivity index (χ4v) is 1.59. The molecule has 1 N–H and O–H groups in total. The molecule has 92 valence electrons. The second kappa shape index (κ2) is 5.22. The summed E-state index contributed by atoms with van der Waals surface area (Å²) in [4.78, 5) is 18.3. The van der Waals surface area contributed by atoms with Crippen LogP contribution in [-0.4, -0.2) is 14.9 Å². The molecule has 1 atom stereocenters. The van der Waals surface area contributed by atoms with Gasteiger partial charge in [-0.15, -0.1) is 0 Å². The lowest BCUT2D eigenvalue weighted by Gasteiger charge is -2.13. The van der Waals surface area contributed by atoms with E-state index in [-0.39, 0.29) is 11.9 Å². The highest BCUT2D eigenvalue weighted by atomic mass is 16.6. The molecule has 18 heavy (non-hydrogen) atoms. The van der Waals surface area contributed by atoms with Gasteiger partial charge in [0.15, 0.2) is 0 Å². The van der Waals surface area contributed by atoms with E-state index in [1.54, 1.807) is 18.3 Å². The lowest BCUT2D eigenvalue weighted by atomic mass is 10.2. The monoisotopic (exact) mass is 244 g/mol. The average molecular weight is 244 g/mol. The van der Waals surface area contributed by atoms with Crippen molar-refractivity contribution in [1.82, 2.24) is 9.97 Å². The number of nitro groups is 1. The number of anilines is 1. The molecule has 2 aromatic rings. The summed E-state index contributed by atoms with van der Waals surface area (Å²) >= 11 is 0. The molecule has 0 spiro atoms. The van der Waals surface area contributed by atoms with E-state index in [0.717, 1.165) is 5.69 Å². The van der Waals surface area contributed by atoms with Crippen molar-refractivity contribution in [3.63, 3.8) is 0 Å². The average Bonchev–Trinajstić information content (AvgIpc) is 2.40. The molecule has 1 unspecified atom stereocenters. The first-order valence-corrected chi connectivity index (χ1v) is 5.45. The molecule has 0 bridgehead atoms. The number of nitrogens with zero attached hydrogens (tertiary/aromatic N) is 3. The van der Waals surface area contributed by atoms with Crippen LogP contribution < -0.4 is 5.32 Å². The van der Waals surface area contributed by atoms with Gasteiger partial charge < -0.3 is 15.4 Å². The third kappa shape index (κ3) is 2.60. The summed E-state index contributed by atoms with van der Waals surface area (Å²) in [5.41, 5.74) is 1.20. The molecule has 2 aromatic heterocycles. The fourth-order valence-electron chi connectivity index (χ4n) is 1.59. The molecule has 0 aliphatic carbocycles. The SMILES string of the molecule is CC(Nc1cccnc1[N+](=O)[O-])c1ccccn1. The van der Waals surface area contributed by atoms with Gasteiger partial charge in [-0.05, 0) is 41.1 Å². The minimum atomic E-state index is -0.506. The van der Waals surface area contributed by atoms with Crippen molar-refractivity contribution < 1.29 is 4.92 Å². The summed E-state index contributed by atoms with van der Waals surface area (Å²) < 4.78 is 0. The lowest BCUT2D eigenvalue weighted by Crippen LogP contribution is -2.10. The van der Waals surface area contributed by atoms with Crippen LogP contribution in [0.4, 0.5) is 11.5 Å². The normalized spacial score (nSPS) is 11.8. The molecule has 0 saturated heterocycles. The van der Waals surface area contributed by atoms with Gasteiger partial charge in [0.25, 0.3) is 0 Å². The highest BCUT2D eigenvalue weighted by molar-refractivity contribution is 5.57. The van der Waals surface area contributed by atoms with Gasteiger partial charge in [-0.3, -0.25) is 4.98 Å². The molecule has 6 nitrogen and oxygen atoms in total. The van der Waals surface area contributed by atoms with Gasteiger partial charge in [0.05, 0.1) is 11.7 Å². The van der Waals surface area contributed by atoms with Crippen molar-refractivity contribution in [2.45, 2.75) is 13.0 Å². The zero-order valence-corrected chi connectivity index (χ0v) is 9.78. The number of hydrogen-bond acceptors (Lipinski definition) is 5. The maximum Gasteiger partial charge on any atom is 0.386 e. The quantitative estimate of drug-likeness (QED) is 0.660. The van der Waals surface area contributed by atoms with Crippen LogP contribution in [0.5, 0.6) is 0 Å². The van der Waals surface area contributed by atoms with Gasteiger partial charge in [0, 0.05) is 6.20 Å². The van der Waals surface area contributed by atoms with Crippen LogP contribution in [0, 0.1) is 10.1 Å². The zero-order chi connectivity index (χ0) is 13.0. The van der Waals surface area contributed by atoms with Crippen LogP contribution >= 0.6 is 0 Å². The topological polar surface area (TPSA) is 81.0 Å². The number of nitrogens with one attached hydrogen (secondary N) is 1. The van der Waals surface area contributed by atoms with Crippen LogP contribution in [-0.2, 0) is 0 Å². The second-order valence-corrected chi connectivity index (χ2v) is 3.75. The highest BCUT2D eigenvalue weighted by Gasteiger charge is 2.16. The molecule has 0 amide bonds. The molecule has 0 saturated carbocycles. The van der Waals surface area contributed by atoms with E-state index < -0.39 is 4.92 Å². The second-order valence-electron chi connectivity index (χ2n) is 3.75. The summed E-state index contributed by atoms with van der Waals surface area (Å²) in [6.45, 7) is 1.89. The summed E-state index contributed by atoms with van der Waals surface area (Å²) in [6, 6.07) is 8.71. The molecular formula is C12H12N4O2. The van der Waals surface area contributed by atoms with E-state index in [2.05, 4.69) is 15.3 Å². The third-order valence-corrected chi connectivity index (χ3v) is 2.46. The molecule has 0 aliphatic heterocycles. The Balaban J connectivity index is 2.22. The molecule has 6 heteroatoms. The first kappa shape index (κ1) is 12.0. The van der Waals surface area contributed by atoms with Crippen molar-refractivity contribution in [2.75, 3.05) is 5.32 Å². The molecule has 0 aromatic carbocycles. The molecular weight excluding hydrogens is 232 g/mol. The first-order valence-electron chi connectivity index (χ1n) is 5.45. The first-order chi connectivity index (χ1) is 8.68. The van der Waals surface area contributed by atoms with Crippen molar-refractivity contribution in [1.29, 1.82) is 0 Å². The Morgan fingerprint density at radius 2 is 2.00 bits per heavy atom. The van der Waals surface area contributed by atoms with Crippen molar-refractivity contribution in [2.24, 2.45) is 0 Å². The Labute approximate surface area is 104 Å². The van der Waals surface area contributed by atoms with Crippen LogP contribution in [0.2, 0.25) is 0 Å². The molecule has 2 rings (SSSR count). The van der Waals surface area contributed by atoms with Crippen LogP contribution in [0.1, 0.15) is 18.7 Å². The van der Waals surface area contributed by atoms with Gasteiger partial charge in [-0.1, -0.05) is 6.07 Å².